The molecule has 0 aromatic heterocycles. The number of nitrogens with zero attached hydrogens (tertiary/aromatic N) is 1. The Balaban J connectivity index is 2.57. The smallest absolute Gasteiger partial charge is 0.257 e. The van der Waals surface area contributed by atoms with Gasteiger partial charge in [-0.1, -0.05) is 19.8 Å². The van der Waals surface area contributed by atoms with E-state index in [1.54, 1.807) is 0 Å². The number of hydrogen-bond acceptors (Lipinski definition) is 1. The Hall–Kier alpha value is -0.310. The molecule has 12 heavy (non-hydrogen) atoms. The van der Waals surface area contributed by atoms with E-state index in [9.17, 15) is 5.11 Å². The van der Waals surface area contributed by atoms with Gasteiger partial charge in [-0.3, -0.25) is 0 Å². The van der Waals surface area contributed by atoms with Crippen LogP contribution in [0.4, 0.5) is 0 Å². The lowest BCUT2D eigenvalue weighted by atomic mass is 10.1. The zero-order valence-corrected chi connectivity index (χ0v) is 8.44. The van der Waals surface area contributed by atoms with Crippen LogP contribution in [0.5, 0.6) is 0 Å². The van der Waals surface area contributed by atoms with E-state index in [2.05, 4.69) is 6.92 Å². The van der Waals surface area contributed by atoms with Crippen molar-refractivity contribution in [3.05, 3.63) is 0 Å². The molecule has 1 N–H and O–H groups in total. The van der Waals surface area contributed by atoms with Crippen molar-refractivity contribution in [1.82, 2.24) is 4.90 Å². The van der Waals surface area contributed by atoms with E-state index in [0.717, 1.165) is 19.4 Å². The number of aliphatic hydroxyl groups is 1. The minimum Gasteiger partial charge on any atom is -0.486 e. The highest BCUT2D eigenvalue weighted by Gasteiger charge is 2.20. The van der Waals surface area contributed by atoms with Crippen LogP contribution >= 0.6 is 12.2 Å². The number of hydrogen-bond donors (Lipinski definition) is 1. The van der Waals surface area contributed by atoms with Gasteiger partial charge in [-0.2, -0.15) is 0 Å². The van der Waals surface area contributed by atoms with Crippen molar-refractivity contribution in [2.75, 3.05) is 6.54 Å². The predicted molar refractivity (Wildman–Crippen MR) is 54.5 cm³/mol. The normalized spacial score (nSPS) is 25.1. The molecule has 1 rings (SSSR count). The predicted octanol–water partition coefficient (Wildman–Crippen LogP) is 2.48. The summed E-state index contributed by atoms with van der Waals surface area (Å²) in [7, 11) is 0. The van der Waals surface area contributed by atoms with E-state index in [1.807, 2.05) is 4.90 Å². The van der Waals surface area contributed by atoms with Gasteiger partial charge in [-0.15, -0.1) is 0 Å². The summed E-state index contributed by atoms with van der Waals surface area (Å²) < 4.78 is 0. The molecule has 0 aromatic rings. The fourth-order valence-electron chi connectivity index (χ4n) is 1.85. The Morgan fingerprint density at radius 2 is 2.25 bits per heavy atom. The maximum absolute atomic E-state index is 9.26. The summed E-state index contributed by atoms with van der Waals surface area (Å²) in [6.45, 7) is 3.09. The Bertz CT molecular complexity index is 161. The zero-order valence-electron chi connectivity index (χ0n) is 7.62. The molecule has 1 fully saturated rings. The van der Waals surface area contributed by atoms with Crippen molar-refractivity contribution >= 4 is 17.4 Å². The molecule has 0 aromatic carbocycles. The van der Waals surface area contributed by atoms with Crippen molar-refractivity contribution in [3.8, 4) is 0 Å². The monoisotopic (exact) mass is 187 g/mol. The molecule has 1 aliphatic heterocycles. The van der Waals surface area contributed by atoms with E-state index in [1.165, 1.54) is 19.3 Å². The maximum Gasteiger partial charge on any atom is 0.257 e. The van der Waals surface area contributed by atoms with Crippen molar-refractivity contribution in [1.29, 1.82) is 0 Å². The van der Waals surface area contributed by atoms with Crippen LogP contribution in [0.25, 0.3) is 0 Å². The molecule has 0 saturated carbocycles. The fourth-order valence-corrected chi connectivity index (χ4v) is 2.09. The van der Waals surface area contributed by atoms with Crippen LogP contribution in [-0.2, 0) is 0 Å². The molecule has 0 spiro atoms. The van der Waals surface area contributed by atoms with Gasteiger partial charge in [0.05, 0.1) is 0 Å². The summed E-state index contributed by atoms with van der Waals surface area (Å²) in [4.78, 5) is 1.97. The standard InChI is InChI=1S/C9H17NOS/c1-2-8-6-4-3-5-7-10(8)9(11)12/h8H,2-7H2,1H3,(H,11,12). The molecule has 70 valence electrons. The van der Waals surface area contributed by atoms with E-state index >= 15 is 0 Å². The third kappa shape index (κ3) is 2.34. The third-order valence-corrected chi connectivity index (χ3v) is 2.83. The molecule has 0 radical (unpaired) electrons. The van der Waals surface area contributed by atoms with Gasteiger partial charge in [0, 0.05) is 12.6 Å². The molecule has 0 aliphatic carbocycles. The van der Waals surface area contributed by atoms with Gasteiger partial charge in [0.25, 0.3) is 5.17 Å². The van der Waals surface area contributed by atoms with E-state index in [0.29, 0.717) is 6.04 Å². The largest absolute Gasteiger partial charge is 0.486 e. The molecule has 3 heteroatoms. The molecule has 1 saturated heterocycles. The Kier molecular flexibility index (Phi) is 3.79. The lowest BCUT2D eigenvalue weighted by Gasteiger charge is -2.28. The summed E-state index contributed by atoms with van der Waals surface area (Å²) in [6, 6.07) is 0.477. The molecule has 1 unspecified atom stereocenters. The average Bonchev–Trinajstić information content (AvgIpc) is 2.27. The topological polar surface area (TPSA) is 23.5 Å². The Morgan fingerprint density at radius 3 is 2.83 bits per heavy atom. The van der Waals surface area contributed by atoms with Crippen LogP contribution in [0, 0.1) is 0 Å². The quantitative estimate of drug-likeness (QED) is 0.638. The second-order valence-corrected chi connectivity index (χ2v) is 3.75. The molecule has 1 aliphatic rings. The molecule has 0 bridgehead atoms. The van der Waals surface area contributed by atoms with Gasteiger partial charge in [-0.25, -0.2) is 0 Å². The summed E-state index contributed by atoms with van der Waals surface area (Å²) in [5.74, 6) is 0. The second kappa shape index (κ2) is 4.65. The summed E-state index contributed by atoms with van der Waals surface area (Å²) >= 11 is 4.80. The molecule has 0 amide bonds. The number of aliphatic hydroxyl groups excluding tert-OH is 1. The second-order valence-electron chi connectivity index (χ2n) is 3.39. The van der Waals surface area contributed by atoms with E-state index in [-0.39, 0.29) is 5.17 Å². The Labute approximate surface area is 79.6 Å². The third-order valence-electron chi connectivity index (χ3n) is 2.59. The van der Waals surface area contributed by atoms with Gasteiger partial charge in [0.2, 0.25) is 0 Å². The molecular weight excluding hydrogens is 170 g/mol. The first-order valence-electron chi connectivity index (χ1n) is 4.75. The van der Waals surface area contributed by atoms with Gasteiger partial charge >= 0.3 is 0 Å². The molecular formula is C9H17NOS. The van der Waals surface area contributed by atoms with Gasteiger partial charge in [-0.05, 0) is 31.5 Å². The SMILES string of the molecule is CCC1CCCCCN1C(O)=S. The van der Waals surface area contributed by atoms with Crippen LogP contribution in [0.2, 0.25) is 0 Å². The van der Waals surface area contributed by atoms with Gasteiger partial charge in [0.15, 0.2) is 0 Å². The summed E-state index contributed by atoms with van der Waals surface area (Å²) in [5.41, 5.74) is 0. The fraction of sp³-hybridized carbons (Fsp3) is 0.889. The first-order chi connectivity index (χ1) is 5.75. The average molecular weight is 187 g/mol. The molecule has 1 atom stereocenters. The lowest BCUT2D eigenvalue weighted by molar-refractivity contribution is 0.264. The van der Waals surface area contributed by atoms with Gasteiger partial charge < -0.3 is 10.0 Å². The first kappa shape index (κ1) is 9.78. The number of thiocarbonyl (C=S) groups is 1. The highest BCUT2D eigenvalue weighted by atomic mass is 32.1. The van der Waals surface area contributed by atoms with Crippen LogP contribution in [0.1, 0.15) is 39.0 Å². The van der Waals surface area contributed by atoms with E-state index in [4.69, 9.17) is 12.2 Å². The molecule has 1 heterocycles. The van der Waals surface area contributed by atoms with E-state index < -0.39 is 0 Å². The number of rotatable bonds is 1. The highest BCUT2D eigenvalue weighted by Crippen LogP contribution is 2.18. The Morgan fingerprint density at radius 1 is 1.50 bits per heavy atom. The number of likely N-dealkylation sites (tertiary alicyclic amines) is 1. The summed E-state index contributed by atoms with van der Waals surface area (Å²) in [6.07, 6.45) is 5.97. The first-order valence-corrected chi connectivity index (χ1v) is 5.16. The minimum absolute atomic E-state index is 0.0868. The zero-order chi connectivity index (χ0) is 8.97. The van der Waals surface area contributed by atoms with Gasteiger partial charge in [0.1, 0.15) is 0 Å². The summed E-state index contributed by atoms with van der Waals surface area (Å²) in [5, 5.41) is 9.35. The van der Waals surface area contributed by atoms with Crippen molar-refractivity contribution < 1.29 is 5.11 Å². The van der Waals surface area contributed by atoms with Crippen LogP contribution < -0.4 is 0 Å². The van der Waals surface area contributed by atoms with Crippen molar-refractivity contribution in [2.24, 2.45) is 0 Å². The highest BCUT2D eigenvalue weighted by molar-refractivity contribution is 7.79. The molecule has 2 nitrogen and oxygen atoms in total. The van der Waals surface area contributed by atoms with Crippen LogP contribution in [0.3, 0.4) is 0 Å². The van der Waals surface area contributed by atoms with Crippen molar-refractivity contribution in [3.63, 3.8) is 0 Å². The minimum atomic E-state index is 0.0868. The van der Waals surface area contributed by atoms with Crippen LogP contribution in [-0.4, -0.2) is 27.8 Å². The maximum atomic E-state index is 9.26. The lowest BCUT2D eigenvalue weighted by Crippen LogP contribution is -2.38. The van der Waals surface area contributed by atoms with Crippen LogP contribution in [0.15, 0.2) is 0 Å². The van der Waals surface area contributed by atoms with Crippen molar-refractivity contribution in [2.45, 2.75) is 45.1 Å².